The van der Waals surface area contributed by atoms with E-state index in [-0.39, 0.29) is 0 Å². The summed E-state index contributed by atoms with van der Waals surface area (Å²) in [6, 6.07) is 8.85. The van der Waals surface area contributed by atoms with Gasteiger partial charge in [-0.1, -0.05) is 13.0 Å². The van der Waals surface area contributed by atoms with Crippen LogP contribution in [0.1, 0.15) is 24.5 Å². The van der Waals surface area contributed by atoms with Crippen LogP contribution in [0.25, 0.3) is 0 Å². The number of aliphatic imine (C=N–C) groups is 1. The molecule has 0 saturated carbocycles. The molecule has 2 heterocycles. The molecule has 0 spiro atoms. The number of rotatable bonds is 3. The van der Waals surface area contributed by atoms with Gasteiger partial charge in [-0.2, -0.15) is 13.2 Å². The van der Waals surface area contributed by atoms with Crippen LogP contribution in [0.3, 0.4) is 0 Å². The highest BCUT2D eigenvalue weighted by Gasteiger charge is 2.30. The Morgan fingerprint density at radius 1 is 1.21 bits per heavy atom. The van der Waals surface area contributed by atoms with Crippen LogP contribution in [0, 0.1) is 0 Å². The molecule has 2 aromatic rings. The number of alkyl halides is 3. The summed E-state index contributed by atoms with van der Waals surface area (Å²) < 4.78 is 37.9. The number of amidine groups is 1. The third-order valence-corrected chi connectivity index (χ3v) is 4.68. The number of halogens is 3. The van der Waals surface area contributed by atoms with Crippen LogP contribution >= 0.6 is 11.8 Å². The Kier molecular flexibility index (Phi) is 4.80. The van der Waals surface area contributed by atoms with E-state index in [9.17, 15) is 13.2 Å². The van der Waals surface area contributed by atoms with Gasteiger partial charge in [0, 0.05) is 24.8 Å². The van der Waals surface area contributed by atoms with Gasteiger partial charge in [0.2, 0.25) is 0 Å². The van der Waals surface area contributed by atoms with Gasteiger partial charge in [-0.25, -0.2) is 9.98 Å². The van der Waals surface area contributed by atoms with E-state index in [1.54, 1.807) is 6.20 Å². The molecule has 0 radical (unpaired) electrons. The fourth-order valence-electron chi connectivity index (χ4n) is 2.43. The Morgan fingerprint density at radius 2 is 1.96 bits per heavy atom. The van der Waals surface area contributed by atoms with Crippen LogP contribution in [0.15, 0.2) is 52.6 Å². The molecule has 126 valence electrons. The molecule has 0 saturated heterocycles. The SMILES string of the molecule is CCCN1Cc2cccnc2SC1=Nc1ccc(C(F)(F)F)cc1. The minimum absolute atomic E-state index is 0.506. The number of aromatic nitrogens is 1. The molecule has 1 aromatic heterocycles. The Labute approximate surface area is 142 Å². The topological polar surface area (TPSA) is 28.5 Å². The van der Waals surface area contributed by atoms with E-state index in [0.717, 1.165) is 40.9 Å². The number of pyridine rings is 1. The molecule has 0 fully saturated rings. The zero-order chi connectivity index (χ0) is 17.2. The van der Waals surface area contributed by atoms with Gasteiger partial charge in [-0.15, -0.1) is 0 Å². The predicted molar refractivity (Wildman–Crippen MR) is 89.3 cm³/mol. The maximum Gasteiger partial charge on any atom is 0.416 e. The highest BCUT2D eigenvalue weighted by Crippen LogP contribution is 2.33. The molecule has 0 bridgehead atoms. The zero-order valence-corrected chi connectivity index (χ0v) is 13.9. The van der Waals surface area contributed by atoms with E-state index in [1.807, 2.05) is 12.1 Å². The minimum Gasteiger partial charge on any atom is -0.346 e. The largest absolute Gasteiger partial charge is 0.416 e. The smallest absolute Gasteiger partial charge is 0.346 e. The molecule has 0 unspecified atom stereocenters. The number of hydrogen-bond donors (Lipinski definition) is 0. The summed E-state index contributed by atoms with van der Waals surface area (Å²) >= 11 is 1.45. The van der Waals surface area contributed by atoms with Crippen molar-refractivity contribution >= 4 is 22.6 Å². The summed E-state index contributed by atoms with van der Waals surface area (Å²) in [6.07, 6.45) is -1.64. The fraction of sp³-hybridized carbons (Fsp3) is 0.294. The van der Waals surface area contributed by atoms with Crippen molar-refractivity contribution in [3.63, 3.8) is 0 Å². The molecule has 1 aliphatic rings. The van der Waals surface area contributed by atoms with Crippen LogP contribution in [0.2, 0.25) is 0 Å². The Balaban J connectivity index is 1.89. The Morgan fingerprint density at radius 3 is 2.62 bits per heavy atom. The second-order valence-electron chi connectivity index (χ2n) is 5.43. The number of benzene rings is 1. The molecule has 0 aliphatic carbocycles. The van der Waals surface area contributed by atoms with Crippen molar-refractivity contribution in [2.75, 3.05) is 6.54 Å². The van der Waals surface area contributed by atoms with Gasteiger partial charge in [-0.3, -0.25) is 0 Å². The standard InChI is InChI=1S/C17H16F3N3S/c1-2-10-23-11-12-4-3-9-21-15(12)24-16(23)22-14-7-5-13(6-8-14)17(18,19)20/h3-9H,2,10-11H2,1H3. The first-order valence-electron chi connectivity index (χ1n) is 7.60. The fourth-order valence-corrected chi connectivity index (χ4v) is 3.42. The Hall–Kier alpha value is -2.02. The summed E-state index contributed by atoms with van der Waals surface area (Å²) in [7, 11) is 0. The lowest BCUT2D eigenvalue weighted by molar-refractivity contribution is -0.137. The molecular formula is C17H16F3N3S. The zero-order valence-electron chi connectivity index (χ0n) is 13.0. The highest BCUT2D eigenvalue weighted by atomic mass is 32.2. The van der Waals surface area contributed by atoms with E-state index < -0.39 is 11.7 Å². The van der Waals surface area contributed by atoms with E-state index >= 15 is 0 Å². The van der Waals surface area contributed by atoms with Gasteiger partial charge in [0.15, 0.2) is 5.17 Å². The monoisotopic (exact) mass is 351 g/mol. The van der Waals surface area contributed by atoms with Gasteiger partial charge < -0.3 is 4.90 Å². The average Bonchev–Trinajstić information content (AvgIpc) is 2.55. The van der Waals surface area contributed by atoms with Gasteiger partial charge >= 0.3 is 6.18 Å². The summed E-state index contributed by atoms with van der Waals surface area (Å²) in [6.45, 7) is 3.63. The molecule has 1 aromatic carbocycles. The predicted octanol–water partition coefficient (Wildman–Crippen LogP) is 5.11. The molecule has 7 heteroatoms. The minimum atomic E-state index is -4.33. The van der Waals surface area contributed by atoms with Crippen LogP contribution < -0.4 is 0 Å². The third-order valence-electron chi connectivity index (χ3n) is 3.58. The highest BCUT2D eigenvalue weighted by molar-refractivity contribution is 8.13. The first kappa shape index (κ1) is 16.8. The number of fused-ring (bicyclic) bond motifs is 1. The lowest BCUT2D eigenvalue weighted by atomic mass is 10.2. The van der Waals surface area contributed by atoms with Crippen molar-refractivity contribution in [3.05, 3.63) is 53.7 Å². The maximum absolute atomic E-state index is 12.6. The molecule has 3 rings (SSSR count). The van der Waals surface area contributed by atoms with Crippen molar-refractivity contribution in [1.82, 2.24) is 9.88 Å². The van der Waals surface area contributed by atoms with Gasteiger partial charge in [0.05, 0.1) is 11.3 Å². The summed E-state index contributed by atoms with van der Waals surface area (Å²) in [5, 5.41) is 1.67. The molecule has 24 heavy (non-hydrogen) atoms. The quantitative estimate of drug-likeness (QED) is 0.770. The molecule has 0 amide bonds. The van der Waals surface area contributed by atoms with Gasteiger partial charge in [0.1, 0.15) is 5.03 Å². The Bertz CT molecular complexity index is 741. The summed E-state index contributed by atoms with van der Waals surface area (Å²) in [5.74, 6) is 0. The van der Waals surface area contributed by atoms with E-state index in [1.165, 1.54) is 23.9 Å². The lowest BCUT2D eigenvalue weighted by Crippen LogP contribution is -2.32. The van der Waals surface area contributed by atoms with Crippen molar-refractivity contribution in [1.29, 1.82) is 0 Å². The number of thioether (sulfide) groups is 1. The van der Waals surface area contributed by atoms with Crippen LogP contribution in [0.5, 0.6) is 0 Å². The number of hydrogen-bond acceptors (Lipinski definition) is 3. The van der Waals surface area contributed by atoms with Crippen LogP contribution in [-0.2, 0) is 12.7 Å². The van der Waals surface area contributed by atoms with E-state index in [2.05, 4.69) is 21.8 Å². The maximum atomic E-state index is 12.6. The second-order valence-corrected chi connectivity index (χ2v) is 6.39. The first-order chi connectivity index (χ1) is 11.5. The average molecular weight is 351 g/mol. The molecule has 0 N–H and O–H groups in total. The lowest BCUT2D eigenvalue weighted by Gasteiger charge is -2.30. The first-order valence-corrected chi connectivity index (χ1v) is 8.41. The molecule has 3 nitrogen and oxygen atoms in total. The van der Waals surface area contributed by atoms with Crippen molar-refractivity contribution in [2.45, 2.75) is 31.1 Å². The molecule has 0 atom stereocenters. The van der Waals surface area contributed by atoms with Crippen molar-refractivity contribution < 1.29 is 13.2 Å². The van der Waals surface area contributed by atoms with Gasteiger partial charge in [-0.05, 0) is 48.5 Å². The van der Waals surface area contributed by atoms with E-state index in [0.29, 0.717) is 12.2 Å². The van der Waals surface area contributed by atoms with Crippen LogP contribution in [-0.4, -0.2) is 21.6 Å². The molecular weight excluding hydrogens is 335 g/mol. The third kappa shape index (κ3) is 3.72. The number of nitrogens with zero attached hydrogens (tertiary/aromatic N) is 3. The van der Waals surface area contributed by atoms with Crippen LogP contribution in [0.4, 0.5) is 18.9 Å². The summed E-state index contributed by atoms with van der Waals surface area (Å²) in [4.78, 5) is 11.0. The molecule has 1 aliphatic heterocycles. The van der Waals surface area contributed by atoms with Crippen molar-refractivity contribution in [2.24, 2.45) is 4.99 Å². The normalized spacial score (nSPS) is 16.3. The summed E-state index contributed by atoms with van der Waals surface area (Å²) in [5.41, 5.74) is 0.980. The van der Waals surface area contributed by atoms with Crippen molar-refractivity contribution in [3.8, 4) is 0 Å². The second kappa shape index (κ2) is 6.84. The van der Waals surface area contributed by atoms with Gasteiger partial charge in [0.25, 0.3) is 0 Å². The van der Waals surface area contributed by atoms with E-state index in [4.69, 9.17) is 0 Å².